The molecule has 0 aliphatic heterocycles. The Morgan fingerprint density at radius 3 is 2.40 bits per heavy atom. The van der Waals surface area contributed by atoms with Gasteiger partial charge < -0.3 is 10.5 Å². The fourth-order valence-electron chi connectivity index (χ4n) is 1.74. The largest absolute Gasteiger partial charge is 0.388 e. The lowest BCUT2D eigenvalue weighted by atomic mass is 10.1. The third kappa shape index (κ3) is 5.74. The number of ether oxygens (including phenoxy) is 1. The Morgan fingerprint density at radius 1 is 1.40 bits per heavy atom. The first-order valence-electron chi connectivity index (χ1n) is 5.60. The lowest BCUT2D eigenvalue weighted by molar-refractivity contribution is 0.0962. The number of nitrogens with two attached hydrogens (primary N) is 1. The number of nitrogens with zero attached hydrogens (tertiary/aromatic N) is 1. The van der Waals surface area contributed by atoms with Crippen molar-refractivity contribution in [3.05, 3.63) is 0 Å². The quantitative estimate of drug-likeness (QED) is 0.476. The molecular formula is C11H25N3O. The third-order valence-corrected chi connectivity index (χ3v) is 2.79. The van der Waals surface area contributed by atoms with Crippen LogP contribution in [0.3, 0.4) is 0 Å². The third-order valence-electron chi connectivity index (χ3n) is 2.79. The molecule has 2 unspecified atom stereocenters. The predicted molar refractivity (Wildman–Crippen MR) is 64.3 cm³/mol. The highest BCUT2D eigenvalue weighted by atomic mass is 16.5. The van der Waals surface area contributed by atoms with Gasteiger partial charge in [-0.2, -0.15) is 0 Å². The zero-order valence-electron chi connectivity index (χ0n) is 10.4. The Morgan fingerprint density at radius 2 is 2.00 bits per heavy atom. The van der Waals surface area contributed by atoms with E-state index in [1.165, 1.54) is 0 Å². The van der Waals surface area contributed by atoms with Crippen molar-refractivity contribution in [2.45, 2.75) is 45.7 Å². The van der Waals surface area contributed by atoms with Gasteiger partial charge in [-0.3, -0.25) is 10.3 Å². The number of methoxy groups -OCH3 is 1. The van der Waals surface area contributed by atoms with Crippen LogP contribution >= 0.6 is 0 Å². The molecule has 0 spiro atoms. The topological polar surface area (TPSA) is 62.3 Å². The van der Waals surface area contributed by atoms with E-state index in [1.807, 2.05) is 0 Å². The molecule has 0 aromatic rings. The molecule has 2 atom stereocenters. The van der Waals surface area contributed by atoms with Gasteiger partial charge in [-0.25, -0.2) is 0 Å². The molecule has 0 bridgehead atoms. The van der Waals surface area contributed by atoms with E-state index in [2.05, 4.69) is 25.7 Å². The number of hydrogen-bond donors (Lipinski definition) is 2. The summed E-state index contributed by atoms with van der Waals surface area (Å²) in [5, 5.41) is 7.31. The molecule has 15 heavy (non-hydrogen) atoms. The summed E-state index contributed by atoms with van der Waals surface area (Å²) in [5.74, 6) is 0.258. The molecule has 3 N–H and O–H groups in total. The minimum absolute atomic E-state index is 0.258. The Labute approximate surface area is 93.3 Å². The van der Waals surface area contributed by atoms with Crippen molar-refractivity contribution < 1.29 is 4.74 Å². The Balaban J connectivity index is 4.25. The molecule has 0 aromatic carbocycles. The maximum Gasteiger partial charge on any atom is 0.0920 e. The number of amidine groups is 1. The SMILES string of the molecule is CCC(C)N(CCOC)C(C)CC(=N)N. The molecule has 4 nitrogen and oxygen atoms in total. The lowest BCUT2D eigenvalue weighted by Crippen LogP contribution is -2.43. The van der Waals surface area contributed by atoms with E-state index < -0.39 is 0 Å². The normalized spacial score (nSPS) is 15.3. The highest BCUT2D eigenvalue weighted by Crippen LogP contribution is 2.11. The molecule has 0 aliphatic carbocycles. The highest BCUT2D eigenvalue weighted by molar-refractivity contribution is 5.77. The van der Waals surface area contributed by atoms with Gasteiger partial charge in [0.05, 0.1) is 12.4 Å². The maximum atomic E-state index is 7.31. The van der Waals surface area contributed by atoms with Crippen molar-refractivity contribution in [1.29, 1.82) is 5.41 Å². The van der Waals surface area contributed by atoms with E-state index in [0.717, 1.165) is 19.6 Å². The van der Waals surface area contributed by atoms with Crippen LogP contribution in [0.5, 0.6) is 0 Å². The summed E-state index contributed by atoms with van der Waals surface area (Å²) in [6, 6.07) is 0.821. The van der Waals surface area contributed by atoms with E-state index in [-0.39, 0.29) is 5.84 Å². The van der Waals surface area contributed by atoms with Crippen LogP contribution in [0.15, 0.2) is 0 Å². The zero-order chi connectivity index (χ0) is 11.8. The summed E-state index contributed by atoms with van der Waals surface area (Å²) in [5.41, 5.74) is 5.43. The first kappa shape index (κ1) is 14.4. The second kappa shape index (κ2) is 7.65. The van der Waals surface area contributed by atoms with Crippen LogP contribution < -0.4 is 5.73 Å². The van der Waals surface area contributed by atoms with Gasteiger partial charge in [-0.05, 0) is 20.3 Å². The monoisotopic (exact) mass is 215 g/mol. The highest BCUT2D eigenvalue weighted by Gasteiger charge is 2.18. The minimum atomic E-state index is 0.258. The van der Waals surface area contributed by atoms with Crippen molar-refractivity contribution in [2.24, 2.45) is 5.73 Å². The number of hydrogen-bond acceptors (Lipinski definition) is 3. The van der Waals surface area contributed by atoms with Gasteiger partial charge in [0, 0.05) is 32.2 Å². The average Bonchev–Trinajstić information content (AvgIpc) is 2.16. The van der Waals surface area contributed by atoms with E-state index in [0.29, 0.717) is 18.5 Å². The van der Waals surface area contributed by atoms with Crippen molar-refractivity contribution in [2.75, 3.05) is 20.3 Å². The van der Waals surface area contributed by atoms with Gasteiger partial charge in [-0.15, -0.1) is 0 Å². The van der Waals surface area contributed by atoms with Crippen molar-refractivity contribution in [3.8, 4) is 0 Å². The van der Waals surface area contributed by atoms with Gasteiger partial charge in [0.15, 0.2) is 0 Å². The van der Waals surface area contributed by atoms with Gasteiger partial charge in [0.1, 0.15) is 0 Å². The Kier molecular flexibility index (Phi) is 7.34. The van der Waals surface area contributed by atoms with Gasteiger partial charge >= 0.3 is 0 Å². The van der Waals surface area contributed by atoms with Gasteiger partial charge in [-0.1, -0.05) is 6.92 Å². The van der Waals surface area contributed by atoms with E-state index in [4.69, 9.17) is 15.9 Å². The molecule has 0 aliphatic rings. The summed E-state index contributed by atoms with van der Waals surface area (Å²) in [6.07, 6.45) is 1.74. The van der Waals surface area contributed by atoms with E-state index >= 15 is 0 Å². The molecule has 0 heterocycles. The zero-order valence-corrected chi connectivity index (χ0v) is 10.4. The van der Waals surface area contributed by atoms with Crippen LogP contribution in [0.1, 0.15) is 33.6 Å². The number of rotatable bonds is 8. The Bertz CT molecular complexity index is 185. The molecule has 0 saturated heterocycles. The summed E-state index contributed by atoms with van der Waals surface area (Å²) >= 11 is 0. The van der Waals surface area contributed by atoms with Crippen LogP contribution in [0.2, 0.25) is 0 Å². The maximum absolute atomic E-state index is 7.31. The van der Waals surface area contributed by atoms with Crippen molar-refractivity contribution in [3.63, 3.8) is 0 Å². The molecule has 0 rings (SSSR count). The second-order valence-electron chi connectivity index (χ2n) is 4.07. The minimum Gasteiger partial charge on any atom is -0.388 e. The standard InChI is InChI=1S/C11H25N3O/c1-5-9(2)14(6-7-15-4)10(3)8-11(12)13/h9-10H,5-8H2,1-4H3,(H3,12,13). The van der Waals surface area contributed by atoms with Crippen LogP contribution in [-0.2, 0) is 4.74 Å². The van der Waals surface area contributed by atoms with Gasteiger partial charge in [0.25, 0.3) is 0 Å². The summed E-state index contributed by atoms with van der Waals surface area (Å²) in [4.78, 5) is 2.35. The van der Waals surface area contributed by atoms with Crippen LogP contribution in [0.4, 0.5) is 0 Å². The smallest absolute Gasteiger partial charge is 0.0920 e. The molecule has 0 amide bonds. The van der Waals surface area contributed by atoms with E-state index in [1.54, 1.807) is 7.11 Å². The van der Waals surface area contributed by atoms with Crippen LogP contribution in [0, 0.1) is 5.41 Å². The fraction of sp³-hybridized carbons (Fsp3) is 0.909. The van der Waals surface area contributed by atoms with Crippen molar-refractivity contribution in [1.82, 2.24) is 4.90 Å². The second-order valence-corrected chi connectivity index (χ2v) is 4.07. The van der Waals surface area contributed by atoms with Crippen LogP contribution in [0.25, 0.3) is 0 Å². The molecular weight excluding hydrogens is 190 g/mol. The summed E-state index contributed by atoms with van der Waals surface area (Å²) < 4.78 is 5.10. The average molecular weight is 215 g/mol. The van der Waals surface area contributed by atoms with Gasteiger partial charge in [0.2, 0.25) is 0 Å². The molecule has 0 fully saturated rings. The fourth-order valence-corrected chi connectivity index (χ4v) is 1.74. The summed E-state index contributed by atoms with van der Waals surface area (Å²) in [7, 11) is 1.71. The van der Waals surface area contributed by atoms with E-state index in [9.17, 15) is 0 Å². The molecule has 0 radical (unpaired) electrons. The molecule has 90 valence electrons. The van der Waals surface area contributed by atoms with Crippen molar-refractivity contribution >= 4 is 5.84 Å². The lowest BCUT2D eigenvalue weighted by Gasteiger charge is -2.33. The molecule has 4 heteroatoms. The van der Waals surface area contributed by atoms with Crippen LogP contribution in [-0.4, -0.2) is 43.1 Å². The summed E-state index contributed by atoms with van der Waals surface area (Å²) in [6.45, 7) is 8.12. The molecule has 0 saturated carbocycles. The first-order valence-corrected chi connectivity index (χ1v) is 5.60. The Hall–Kier alpha value is -0.610. The first-order chi connectivity index (χ1) is 7.02. The number of nitrogens with one attached hydrogen (secondary N) is 1. The predicted octanol–water partition coefficient (Wildman–Crippen LogP) is 1.45. The molecule has 0 aromatic heterocycles.